The fourth-order valence-electron chi connectivity index (χ4n) is 0.776. The van der Waals surface area contributed by atoms with Crippen LogP contribution in [0.1, 0.15) is 0 Å². The van der Waals surface area contributed by atoms with Gasteiger partial charge in [-0.3, -0.25) is 0 Å². The summed E-state index contributed by atoms with van der Waals surface area (Å²) in [5, 5.41) is 0.0679. The highest BCUT2D eigenvalue weighted by Crippen LogP contribution is 2.20. The van der Waals surface area contributed by atoms with E-state index in [0.717, 1.165) is 5.54 Å². The number of ether oxygens (including phenoxy) is 1. The van der Waals surface area contributed by atoms with Crippen molar-refractivity contribution in [2.24, 2.45) is 4.99 Å². The average molecular weight is 230 g/mol. The Bertz CT molecular complexity index is 380. The van der Waals surface area contributed by atoms with Gasteiger partial charge in [-0.2, -0.15) is 4.99 Å². The van der Waals surface area contributed by atoms with Crippen LogP contribution in [-0.4, -0.2) is 6.08 Å². The first-order valence-electron chi connectivity index (χ1n) is 3.58. The zero-order valence-electron chi connectivity index (χ0n) is 6.91. The topological polar surface area (TPSA) is 38.7 Å². The highest BCUT2D eigenvalue weighted by Gasteiger charge is 1.96. The zero-order valence-corrected chi connectivity index (χ0v) is 8.42. The molecule has 0 fully saturated rings. The molecule has 0 aliphatic rings. The highest BCUT2D eigenvalue weighted by atomic mass is 35.5. The Morgan fingerprint density at radius 3 is 2.57 bits per heavy atom. The van der Waals surface area contributed by atoms with Gasteiger partial charge in [-0.05, 0) is 35.9 Å². The van der Waals surface area contributed by atoms with Crippen LogP contribution in [0.5, 0.6) is 5.75 Å². The molecule has 5 heteroatoms. The lowest BCUT2D eigenvalue weighted by Crippen LogP contribution is -1.85. The molecule has 0 bridgehead atoms. The molecule has 0 aliphatic heterocycles. The summed E-state index contributed by atoms with van der Waals surface area (Å²) in [6.07, 6.45) is 1.43. The Kier molecular flexibility index (Phi) is 4.20. The van der Waals surface area contributed by atoms with Crippen molar-refractivity contribution in [3.8, 4) is 5.75 Å². The van der Waals surface area contributed by atoms with Crippen molar-refractivity contribution in [2.75, 3.05) is 0 Å². The van der Waals surface area contributed by atoms with E-state index in [9.17, 15) is 4.79 Å². The molecular weight excluding hydrogens is 225 g/mol. The maximum Gasteiger partial charge on any atom is 0.240 e. The van der Waals surface area contributed by atoms with Crippen LogP contribution in [0, 0.1) is 0 Å². The Balaban J connectivity index is 2.78. The number of hydrogen-bond acceptors (Lipinski definition) is 3. The van der Waals surface area contributed by atoms with Crippen LogP contribution < -0.4 is 4.74 Å². The Morgan fingerprint density at radius 1 is 1.43 bits per heavy atom. The number of isocyanates is 1. The van der Waals surface area contributed by atoms with E-state index in [4.69, 9.17) is 27.9 Å². The Morgan fingerprint density at radius 2 is 2.07 bits per heavy atom. The van der Waals surface area contributed by atoms with Gasteiger partial charge in [0, 0.05) is 0 Å². The average Bonchev–Trinajstić information content (AvgIpc) is 2.21. The molecule has 1 aromatic carbocycles. The van der Waals surface area contributed by atoms with E-state index in [1.807, 2.05) is 0 Å². The molecule has 0 radical (unpaired) electrons. The second-order valence-corrected chi connectivity index (χ2v) is 2.80. The summed E-state index contributed by atoms with van der Waals surface area (Å²) in [6.45, 7) is 0. The molecule has 0 heterocycles. The molecule has 0 unspecified atom stereocenters. The largest absolute Gasteiger partial charge is 0.444 e. The van der Waals surface area contributed by atoms with E-state index >= 15 is 0 Å². The predicted octanol–water partition coefficient (Wildman–Crippen LogP) is 3.31. The number of carbonyl (C=O) groups excluding carboxylic acids is 1. The first kappa shape index (κ1) is 10.8. The van der Waals surface area contributed by atoms with Gasteiger partial charge < -0.3 is 4.74 Å². The summed E-state index contributed by atoms with van der Waals surface area (Å²) in [7, 11) is 0. The molecule has 0 aromatic heterocycles. The molecule has 0 aliphatic carbocycles. The quantitative estimate of drug-likeness (QED) is 0.453. The molecule has 0 saturated heterocycles. The standard InChI is InChI=1S/C9H5Cl2NO2/c10-5-9(11)14-8-3-1-7(2-4-8)12-6-13/h1-5H/b9-5+. The smallest absolute Gasteiger partial charge is 0.240 e. The van der Waals surface area contributed by atoms with Crippen molar-refractivity contribution < 1.29 is 9.53 Å². The van der Waals surface area contributed by atoms with E-state index in [1.54, 1.807) is 24.3 Å². The van der Waals surface area contributed by atoms with Gasteiger partial charge in [0.2, 0.25) is 11.3 Å². The van der Waals surface area contributed by atoms with E-state index < -0.39 is 0 Å². The molecular formula is C9H5Cl2NO2. The zero-order chi connectivity index (χ0) is 10.4. The molecule has 0 atom stereocenters. The molecule has 1 rings (SSSR count). The molecule has 14 heavy (non-hydrogen) atoms. The maximum absolute atomic E-state index is 9.91. The number of rotatable bonds is 3. The van der Waals surface area contributed by atoms with E-state index in [1.165, 1.54) is 6.08 Å². The normalized spacial score (nSPS) is 10.6. The van der Waals surface area contributed by atoms with E-state index in [0.29, 0.717) is 11.4 Å². The van der Waals surface area contributed by atoms with Gasteiger partial charge in [0.05, 0.1) is 11.2 Å². The fourth-order valence-corrected chi connectivity index (χ4v) is 0.910. The number of aliphatic imine (C=N–C) groups is 1. The Labute approximate surface area is 90.6 Å². The van der Waals surface area contributed by atoms with Crippen LogP contribution in [0.4, 0.5) is 5.69 Å². The lowest BCUT2D eigenvalue weighted by Gasteiger charge is -2.01. The number of halogens is 2. The minimum Gasteiger partial charge on any atom is -0.444 e. The van der Waals surface area contributed by atoms with Crippen molar-refractivity contribution in [2.45, 2.75) is 0 Å². The summed E-state index contributed by atoms with van der Waals surface area (Å²) < 4.78 is 5.05. The van der Waals surface area contributed by atoms with Crippen LogP contribution in [0.3, 0.4) is 0 Å². The molecule has 0 spiro atoms. The van der Waals surface area contributed by atoms with E-state index in [2.05, 4.69) is 4.99 Å². The Hall–Kier alpha value is -1.28. The van der Waals surface area contributed by atoms with Crippen molar-refractivity contribution in [1.82, 2.24) is 0 Å². The number of hydrogen-bond donors (Lipinski definition) is 0. The van der Waals surface area contributed by atoms with Crippen LogP contribution in [-0.2, 0) is 4.79 Å². The van der Waals surface area contributed by atoms with Gasteiger partial charge in [-0.1, -0.05) is 11.6 Å². The molecule has 72 valence electrons. The van der Waals surface area contributed by atoms with Crippen LogP contribution in [0.2, 0.25) is 0 Å². The third-order valence-electron chi connectivity index (χ3n) is 1.31. The molecule has 0 amide bonds. The minimum absolute atomic E-state index is 0.0679. The monoisotopic (exact) mass is 229 g/mol. The number of nitrogens with zero attached hydrogens (tertiary/aromatic N) is 1. The predicted molar refractivity (Wildman–Crippen MR) is 54.6 cm³/mol. The lowest BCUT2D eigenvalue weighted by atomic mass is 10.3. The first-order valence-corrected chi connectivity index (χ1v) is 4.39. The van der Waals surface area contributed by atoms with Gasteiger partial charge in [0.1, 0.15) is 5.75 Å². The SMILES string of the molecule is O=C=Nc1ccc(O/C(Cl)=C/Cl)cc1. The second kappa shape index (κ2) is 5.45. The molecule has 1 aromatic rings. The van der Waals surface area contributed by atoms with Crippen molar-refractivity contribution in [1.29, 1.82) is 0 Å². The fraction of sp³-hybridized carbons (Fsp3) is 0. The van der Waals surface area contributed by atoms with Crippen molar-refractivity contribution in [3.05, 3.63) is 35.0 Å². The summed E-state index contributed by atoms with van der Waals surface area (Å²) >= 11 is 10.8. The summed E-state index contributed by atoms with van der Waals surface area (Å²) in [5.41, 5.74) is 1.61. The van der Waals surface area contributed by atoms with Gasteiger partial charge in [0.15, 0.2) is 0 Å². The summed E-state index contributed by atoms with van der Waals surface area (Å²) in [6, 6.07) is 6.41. The second-order valence-electron chi connectivity index (χ2n) is 2.21. The number of benzene rings is 1. The van der Waals surface area contributed by atoms with Crippen LogP contribution >= 0.6 is 23.2 Å². The van der Waals surface area contributed by atoms with Gasteiger partial charge in [-0.15, -0.1) is 0 Å². The van der Waals surface area contributed by atoms with Gasteiger partial charge in [0.25, 0.3) is 0 Å². The maximum atomic E-state index is 9.91. The van der Waals surface area contributed by atoms with Crippen molar-refractivity contribution >= 4 is 35.0 Å². The highest BCUT2D eigenvalue weighted by molar-refractivity contribution is 6.35. The van der Waals surface area contributed by atoms with Gasteiger partial charge >= 0.3 is 0 Å². The third kappa shape index (κ3) is 3.23. The van der Waals surface area contributed by atoms with Gasteiger partial charge in [-0.25, -0.2) is 4.79 Å². The molecule has 0 saturated carbocycles. The lowest BCUT2D eigenvalue weighted by molar-refractivity contribution is 0.464. The molecule has 3 nitrogen and oxygen atoms in total. The molecule has 0 N–H and O–H groups in total. The van der Waals surface area contributed by atoms with Crippen LogP contribution in [0.25, 0.3) is 0 Å². The first-order chi connectivity index (χ1) is 6.76. The van der Waals surface area contributed by atoms with E-state index in [-0.39, 0.29) is 5.22 Å². The van der Waals surface area contributed by atoms with Crippen LogP contribution in [0.15, 0.2) is 40.0 Å². The third-order valence-corrected chi connectivity index (χ3v) is 1.81. The summed E-state index contributed by atoms with van der Waals surface area (Å²) in [4.78, 5) is 13.3. The minimum atomic E-state index is 0.0679. The van der Waals surface area contributed by atoms with Crippen molar-refractivity contribution in [3.63, 3.8) is 0 Å². The summed E-state index contributed by atoms with van der Waals surface area (Å²) in [5.74, 6) is 0.511.